The van der Waals surface area contributed by atoms with Gasteiger partial charge in [0, 0.05) is 24.4 Å². The fourth-order valence-electron chi connectivity index (χ4n) is 3.65. The number of oxazole rings is 1. The largest absolute Gasteiger partial charge is 0.479 e. The first-order chi connectivity index (χ1) is 14.5. The summed E-state index contributed by atoms with van der Waals surface area (Å²) in [4.78, 5) is 17.8. The highest BCUT2D eigenvalue weighted by molar-refractivity contribution is 8.00. The number of hydrogen-bond donors (Lipinski definition) is 1. The molecule has 0 saturated carbocycles. The number of aromatic nitrogens is 1. The van der Waals surface area contributed by atoms with E-state index in [0.29, 0.717) is 6.54 Å². The summed E-state index contributed by atoms with van der Waals surface area (Å²) in [5, 5.41) is 8.88. The number of rotatable bonds is 7. The maximum Gasteiger partial charge on any atom is 0.331 e. The minimum absolute atomic E-state index is 0.373. The second-order valence-electron chi connectivity index (χ2n) is 7.32. The summed E-state index contributed by atoms with van der Waals surface area (Å²) in [5.74, 6) is 1.51. The van der Waals surface area contributed by atoms with Crippen LogP contribution in [0.5, 0.6) is 5.75 Å². The molecule has 156 valence electrons. The van der Waals surface area contributed by atoms with Gasteiger partial charge in [-0.1, -0.05) is 36.4 Å². The Bertz CT molecular complexity index is 1020. The van der Waals surface area contributed by atoms with E-state index in [9.17, 15) is 9.90 Å². The van der Waals surface area contributed by atoms with Crippen molar-refractivity contribution in [1.82, 2.24) is 9.88 Å². The lowest BCUT2D eigenvalue weighted by Gasteiger charge is -2.22. The highest BCUT2D eigenvalue weighted by atomic mass is 32.2. The summed E-state index contributed by atoms with van der Waals surface area (Å²) in [7, 11) is 0. The topological polar surface area (TPSA) is 75.8 Å². The standard InChI is InChI=1S/C23H24N2O4S/c1-15-5-3-4-6-19(15)21(20-16(2)28-14-24-20)29-18-9-7-17(8-10-18)13-25-11-12-30-22(25)23(26)27/h3-10,14,21-22H,11-13H2,1-2H3,(H,26,27). The van der Waals surface area contributed by atoms with Crippen molar-refractivity contribution in [3.05, 3.63) is 83.1 Å². The third kappa shape index (κ3) is 4.37. The summed E-state index contributed by atoms with van der Waals surface area (Å²) in [6.45, 7) is 5.32. The van der Waals surface area contributed by atoms with Crippen LogP contribution in [0.25, 0.3) is 0 Å². The molecule has 0 spiro atoms. The molecule has 0 aliphatic carbocycles. The number of nitrogens with zero attached hydrogens (tertiary/aromatic N) is 2. The van der Waals surface area contributed by atoms with Gasteiger partial charge in [-0.15, -0.1) is 11.8 Å². The van der Waals surface area contributed by atoms with Crippen LogP contribution >= 0.6 is 11.8 Å². The van der Waals surface area contributed by atoms with Crippen molar-refractivity contribution >= 4 is 17.7 Å². The zero-order chi connectivity index (χ0) is 21.1. The van der Waals surface area contributed by atoms with E-state index in [0.717, 1.165) is 46.2 Å². The lowest BCUT2D eigenvalue weighted by molar-refractivity contribution is -0.139. The molecule has 1 aromatic heterocycles. The van der Waals surface area contributed by atoms with Crippen molar-refractivity contribution in [2.24, 2.45) is 0 Å². The van der Waals surface area contributed by atoms with Crippen LogP contribution in [0.4, 0.5) is 0 Å². The average molecular weight is 425 g/mol. The van der Waals surface area contributed by atoms with Crippen LogP contribution in [0.1, 0.15) is 34.2 Å². The Labute approximate surface area is 179 Å². The van der Waals surface area contributed by atoms with Crippen LogP contribution in [0.3, 0.4) is 0 Å². The van der Waals surface area contributed by atoms with E-state index in [1.54, 1.807) is 0 Å². The molecule has 1 fully saturated rings. The Balaban J connectivity index is 1.53. The number of hydrogen-bond acceptors (Lipinski definition) is 6. The van der Waals surface area contributed by atoms with Crippen molar-refractivity contribution in [3.8, 4) is 5.75 Å². The van der Waals surface area contributed by atoms with Crippen LogP contribution < -0.4 is 4.74 Å². The highest BCUT2D eigenvalue weighted by Gasteiger charge is 2.31. The van der Waals surface area contributed by atoms with Gasteiger partial charge in [-0.05, 0) is 37.1 Å². The number of aliphatic carboxylic acids is 1. The summed E-state index contributed by atoms with van der Waals surface area (Å²) in [5.41, 5.74) is 3.97. The zero-order valence-corrected chi connectivity index (χ0v) is 17.8. The average Bonchev–Trinajstić information content (AvgIpc) is 3.37. The van der Waals surface area contributed by atoms with E-state index in [4.69, 9.17) is 9.15 Å². The molecule has 0 radical (unpaired) electrons. The third-order valence-electron chi connectivity index (χ3n) is 5.26. The van der Waals surface area contributed by atoms with Gasteiger partial charge in [0.1, 0.15) is 17.2 Å². The number of ether oxygens (including phenoxy) is 1. The van der Waals surface area contributed by atoms with Gasteiger partial charge >= 0.3 is 5.97 Å². The second kappa shape index (κ2) is 8.93. The minimum Gasteiger partial charge on any atom is -0.479 e. The lowest BCUT2D eigenvalue weighted by Crippen LogP contribution is -2.33. The smallest absolute Gasteiger partial charge is 0.331 e. The zero-order valence-electron chi connectivity index (χ0n) is 16.9. The number of carbonyl (C=O) groups is 1. The number of carboxylic acid groups (broad SMARTS) is 1. The van der Waals surface area contributed by atoms with Gasteiger partial charge in [0.2, 0.25) is 0 Å². The molecule has 1 aliphatic rings. The van der Waals surface area contributed by atoms with Crippen LogP contribution in [-0.2, 0) is 11.3 Å². The highest BCUT2D eigenvalue weighted by Crippen LogP contribution is 2.32. The van der Waals surface area contributed by atoms with Gasteiger partial charge in [-0.25, -0.2) is 9.78 Å². The molecule has 2 aromatic carbocycles. The molecule has 6 nitrogen and oxygen atoms in total. The predicted molar refractivity (Wildman–Crippen MR) is 116 cm³/mol. The van der Waals surface area contributed by atoms with Crippen molar-refractivity contribution in [1.29, 1.82) is 0 Å². The molecular weight excluding hydrogens is 400 g/mol. The fourth-order valence-corrected chi connectivity index (χ4v) is 4.75. The predicted octanol–water partition coefficient (Wildman–Crippen LogP) is 4.42. The molecule has 2 atom stereocenters. The molecule has 4 rings (SSSR count). The summed E-state index contributed by atoms with van der Waals surface area (Å²) >= 11 is 1.47. The molecule has 1 N–H and O–H groups in total. The lowest BCUT2D eigenvalue weighted by atomic mass is 10.0. The first-order valence-electron chi connectivity index (χ1n) is 9.82. The van der Waals surface area contributed by atoms with E-state index in [1.807, 2.05) is 54.3 Å². The quantitative estimate of drug-likeness (QED) is 0.602. The third-order valence-corrected chi connectivity index (χ3v) is 6.50. The van der Waals surface area contributed by atoms with Crippen molar-refractivity contribution < 1.29 is 19.1 Å². The molecular formula is C23H24N2O4S. The molecule has 2 heterocycles. The van der Waals surface area contributed by atoms with Gasteiger partial charge in [0.05, 0.1) is 0 Å². The molecule has 0 bridgehead atoms. The number of thioether (sulfide) groups is 1. The summed E-state index contributed by atoms with van der Waals surface area (Å²) in [6.07, 6.45) is 1.07. The summed E-state index contributed by atoms with van der Waals surface area (Å²) < 4.78 is 11.8. The Hall–Kier alpha value is -2.77. The summed E-state index contributed by atoms with van der Waals surface area (Å²) in [6, 6.07) is 15.9. The molecule has 1 aliphatic heterocycles. The Morgan fingerprint density at radius 3 is 2.70 bits per heavy atom. The molecule has 7 heteroatoms. The van der Waals surface area contributed by atoms with Crippen LogP contribution in [-0.4, -0.2) is 38.6 Å². The van der Waals surface area contributed by atoms with Crippen LogP contribution in [0, 0.1) is 13.8 Å². The number of carboxylic acids is 1. The van der Waals surface area contributed by atoms with Crippen molar-refractivity contribution in [2.45, 2.75) is 31.9 Å². The molecule has 0 amide bonds. The van der Waals surface area contributed by atoms with Gasteiger partial charge in [-0.2, -0.15) is 0 Å². The minimum atomic E-state index is -0.776. The van der Waals surface area contributed by atoms with Gasteiger partial charge < -0.3 is 14.3 Å². The second-order valence-corrected chi connectivity index (χ2v) is 8.51. The Morgan fingerprint density at radius 1 is 1.27 bits per heavy atom. The normalized spacial score (nSPS) is 17.7. The van der Waals surface area contributed by atoms with Gasteiger partial charge in [-0.3, -0.25) is 4.90 Å². The Kier molecular flexibility index (Phi) is 6.11. The molecule has 3 aromatic rings. The first-order valence-corrected chi connectivity index (χ1v) is 10.9. The monoisotopic (exact) mass is 424 g/mol. The molecule has 30 heavy (non-hydrogen) atoms. The van der Waals surface area contributed by atoms with Crippen LogP contribution in [0.2, 0.25) is 0 Å². The van der Waals surface area contributed by atoms with Gasteiger partial charge in [0.15, 0.2) is 17.9 Å². The fraction of sp³-hybridized carbons (Fsp3) is 0.304. The molecule has 1 saturated heterocycles. The van der Waals surface area contributed by atoms with E-state index in [1.165, 1.54) is 18.2 Å². The molecule has 2 unspecified atom stereocenters. The van der Waals surface area contributed by atoms with E-state index in [2.05, 4.69) is 18.0 Å². The number of aryl methyl sites for hydroxylation is 2. The number of benzene rings is 2. The van der Waals surface area contributed by atoms with E-state index in [-0.39, 0.29) is 6.10 Å². The SMILES string of the molecule is Cc1ccccc1C(Oc1ccc(CN2CCSC2C(=O)O)cc1)c1ncoc1C. The maximum absolute atomic E-state index is 11.4. The van der Waals surface area contributed by atoms with Gasteiger partial charge in [0.25, 0.3) is 0 Å². The first kappa shape index (κ1) is 20.5. The van der Waals surface area contributed by atoms with Crippen LogP contribution in [0.15, 0.2) is 59.3 Å². The van der Waals surface area contributed by atoms with Crippen molar-refractivity contribution in [2.75, 3.05) is 12.3 Å². The maximum atomic E-state index is 11.4. The van der Waals surface area contributed by atoms with E-state index < -0.39 is 11.3 Å². The van der Waals surface area contributed by atoms with Crippen molar-refractivity contribution in [3.63, 3.8) is 0 Å². The van der Waals surface area contributed by atoms with E-state index >= 15 is 0 Å². The Morgan fingerprint density at radius 2 is 2.03 bits per heavy atom.